The molecule has 2 aromatic rings. The smallest absolute Gasteiger partial charge is 0.174 e. The van der Waals surface area contributed by atoms with Crippen molar-refractivity contribution in [1.29, 1.82) is 0 Å². The zero-order valence-electron chi connectivity index (χ0n) is 13.9. The van der Waals surface area contributed by atoms with Crippen molar-refractivity contribution in [3.8, 4) is 0 Å². The number of hydrogen-bond donors (Lipinski definition) is 1. The summed E-state index contributed by atoms with van der Waals surface area (Å²) in [5, 5.41) is 3.99. The molecule has 2 rings (SSSR count). The molecule has 0 amide bonds. The second-order valence-corrected chi connectivity index (χ2v) is 5.75. The highest BCUT2D eigenvalue weighted by molar-refractivity contribution is 7.80. The molecular weight excluding hydrogens is 308 g/mol. The van der Waals surface area contributed by atoms with E-state index in [-0.39, 0.29) is 6.04 Å². The highest BCUT2D eigenvalue weighted by Gasteiger charge is 2.20. The maximum atomic E-state index is 5.62. The molecule has 0 aliphatic carbocycles. The number of hydrogen-bond acceptors (Lipinski definition) is 3. The number of thiocarbonyl (C=S) groups is 1. The van der Waals surface area contributed by atoms with Crippen molar-refractivity contribution in [3.63, 3.8) is 0 Å². The van der Waals surface area contributed by atoms with E-state index in [9.17, 15) is 0 Å². The minimum atomic E-state index is 0.0366. The van der Waals surface area contributed by atoms with Crippen molar-refractivity contribution in [2.45, 2.75) is 26.3 Å². The summed E-state index contributed by atoms with van der Waals surface area (Å²) in [7, 11) is 1.69. The number of nitrogens with zero attached hydrogens (tertiary/aromatic N) is 1. The van der Waals surface area contributed by atoms with Crippen LogP contribution in [0.4, 0.5) is 5.69 Å². The van der Waals surface area contributed by atoms with Gasteiger partial charge >= 0.3 is 0 Å². The molecule has 0 aliphatic heterocycles. The van der Waals surface area contributed by atoms with Gasteiger partial charge in [-0.15, -0.1) is 0 Å². The van der Waals surface area contributed by atoms with Gasteiger partial charge in [0, 0.05) is 19.3 Å². The number of methoxy groups -OCH3 is 1. The van der Waals surface area contributed by atoms with Gasteiger partial charge in [-0.3, -0.25) is 0 Å². The van der Waals surface area contributed by atoms with E-state index >= 15 is 0 Å². The van der Waals surface area contributed by atoms with E-state index < -0.39 is 0 Å². The lowest BCUT2D eigenvalue weighted by atomic mass is 10.1. The molecule has 0 saturated carbocycles. The van der Waals surface area contributed by atoms with E-state index in [2.05, 4.69) is 36.2 Å². The number of benzene rings is 1. The Morgan fingerprint density at radius 3 is 2.83 bits per heavy atom. The Morgan fingerprint density at radius 1 is 1.35 bits per heavy atom. The van der Waals surface area contributed by atoms with Crippen LogP contribution in [0.25, 0.3) is 0 Å². The van der Waals surface area contributed by atoms with Gasteiger partial charge in [0.2, 0.25) is 0 Å². The van der Waals surface area contributed by atoms with Crippen LogP contribution < -0.4 is 5.32 Å². The minimum Gasteiger partial charge on any atom is -0.467 e. The van der Waals surface area contributed by atoms with Crippen LogP contribution >= 0.6 is 12.2 Å². The molecule has 1 N–H and O–H groups in total. The number of rotatable bonds is 7. The number of nitrogens with one attached hydrogen (secondary N) is 1. The molecule has 0 fully saturated rings. The first-order chi connectivity index (χ1) is 11.2. The first kappa shape index (κ1) is 17.5. The fraction of sp³-hybridized carbons (Fsp3) is 0.389. The minimum absolute atomic E-state index is 0.0366. The number of aryl methyl sites for hydroxylation is 1. The van der Waals surface area contributed by atoms with Gasteiger partial charge < -0.3 is 19.4 Å². The van der Waals surface area contributed by atoms with E-state index in [1.54, 1.807) is 13.4 Å². The Bertz CT molecular complexity index is 613. The van der Waals surface area contributed by atoms with Crippen LogP contribution in [0.3, 0.4) is 0 Å². The second kappa shape index (κ2) is 8.70. The third-order valence-corrected chi connectivity index (χ3v) is 4.14. The highest BCUT2D eigenvalue weighted by Crippen LogP contribution is 2.22. The lowest BCUT2D eigenvalue weighted by Gasteiger charge is -2.30. The summed E-state index contributed by atoms with van der Waals surface area (Å²) in [6, 6.07) is 12.2. The van der Waals surface area contributed by atoms with E-state index in [0.29, 0.717) is 18.3 Å². The van der Waals surface area contributed by atoms with Crippen molar-refractivity contribution >= 4 is 23.0 Å². The Hall–Kier alpha value is -1.85. The quantitative estimate of drug-likeness (QED) is 0.767. The summed E-state index contributed by atoms with van der Waals surface area (Å²) < 4.78 is 10.7. The van der Waals surface area contributed by atoms with Crippen LogP contribution in [0.5, 0.6) is 0 Å². The molecule has 124 valence electrons. The number of furan rings is 1. The molecule has 0 unspecified atom stereocenters. The predicted molar refractivity (Wildman–Crippen MR) is 97.7 cm³/mol. The largest absolute Gasteiger partial charge is 0.467 e. The van der Waals surface area contributed by atoms with E-state index in [0.717, 1.165) is 17.9 Å². The van der Waals surface area contributed by atoms with Gasteiger partial charge in [-0.2, -0.15) is 0 Å². The summed E-state index contributed by atoms with van der Waals surface area (Å²) in [5.41, 5.74) is 2.28. The molecule has 4 nitrogen and oxygen atoms in total. The molecule has 1 aromatic heterocycles. The molecule has 0 bridgehead atoms. The molecule has 1 heterocycles. The van der Waals surface area contributed by atoms with E-state index in [4.69, 9.17) is 21.4 Å². The molecular formula is C18H24N2O2S. The van der Waals surface area contributed by atoms with Gasteiger partial charge in [0.1, 0.15) is 5.76 Å². The highest BCUT2D eigenvalue weighted by atomic mass is 32.1. The lowest BCUT2D eigenvalue weighted by Crippen LogP contribution is -2.39. The van der Waals surface area contributed by atoms with Gasteiger partial charge in [0.25, 0.3) is 0 Å². The zero-order chi connectivity index (χ0) is 16.7. The van der Waals surface area contributed by atoms with Crippen LogP contribution in [0.2, 0.25) is 0 Å². The van der Waals surface area contributed by atoms with Gasteiger partial charge in [-0.1, -0.05) is 19.1 Å². The standard InChI is InChI=1S/C18H24N2O2S/c1-4-15-7-5-8-16(13-15)19-18(23)20(10-12-21-3)14(2)17-9-6-11-22-17/h5-9,11,13-14H,4,10,12H2,1-3H3,(H,19,23)/t14-/m1/s1. The molecule has 5 heteroatoms. The first-order valence-corrected chi connectivity index (χ1v) is 8.25. The van der Waals surface area contributed by atoms with Gasteiger partial charge in [0.15, 0.2) is 5.11 Å². The predicted octanol–water partition coefficient (Wildman–Crippen LogP) is 4.25. The summed E-state index contributed by atoms with van der Waals surface area (Å²) >= 11 is 5.62. The molecule has 0 aliphatic rings. The van der Waals surface area contributed by atoms with Crippen molar-refractivity contribution in [2.24, 2.45) is 0 Å². The maximum Gasteiger partial charge on any atom is 0.174 e. The van der Waals surface area contributed by atoms with Gasteiger partial charge in [0.05, 0.1) is 18.9 Å². The maximum absolute atomic E-state index is 5.62. The topological polar surface area (TPSA) is 37.6 Å². The SMILES string of the molecule is CCc1cccc(NC(=S)N(CCOC)[C@H](C)c2ccco2)c1. The lowest BCUT2D eigenvalue weighted by molar-refractivity contribution is 0.160. The summed E-state index contributed by atoms with van der Waals surface area (Å²) in [6.45, 7) is 5.51. The van der Waals surface area contributed by atoms with Crippen LogP contribution in [0.15, 0.2) is 47.1 Å². The molecule has 23 heavy (non-hydrogen) atoms. The first-order valence-electron chi connectivity index (χ1n) is 7.84. The molecule has 1 atom stereocenters. The molecule has 0 saturated heterocycles. The van der Waals surface area contributed by atoms with Crippen LogP contribution in [-0.4, -0.2) is 30.3 Å². The van der Waals surface area contributed by atoms with Crippen molar-refractivity contribution in [2.75, 3.05) is 25.6 Å². The summed E-state index contributed by atoms with van der Waals surface area (Å²) in [5.74, 6) is 0.882. The van der Waals surface area contributed by atoms with Gasteiger partial charge in [-0.25, -0.2) is 0 Å². The second-order valence-electron chi connectivity index (χ2n) is 5.36. The third kappa shape index (κ3) is 4.81. The normalized spacial score (nSPS) is 12.0. The number of anilines is 1. The molecule has 1 aromatic carbocycles. The zero-order valence-corrected chi connectivity index (χ0v) is 14.7. The Kier molecular flexibility index (Phi) is 6.62. The molecule has 0 spiro atoms. The van der Waals surface area contributed by atoms with Gasteiger partial charge in [-0.05, 0) is 55.4 Å². The average molecular weight is 332 g/mol. The van der Waals surface area contributed by atoms with Crippen LogP contribution in [0.1, 0.15) is 31.2 Å². The average Bonchev–Trinajstić information content (AvgIpc) is 3.09. The molecule has 0 radical (unpaired) electrons. The van der Waals surface area contributed by atoms with Crippen molar-refractivity contribution in [1.82, 2.24) is 4.90 Å². The fourth-order valence-corrected chi connectivity index (χ4v) is 2.77. The number of ether oxygens (including phenoxy) is 1. The van der Waals surface area contributed by atoms with Crippen LogP contribution in [0, 0.1) is 0 Å². The van der Waals surface area contributed by atoms with Crippen molar-refractivity contribution < 1.29 is 9.15 Å². The Balaban J connectivity index is 2.12. The Morgan fingerprint density at radius 2 is 2.17 bits per heavy atom. The van der Waals surface area contributed by atoms with E-state index in [1.807, 2.05) is 24.3 Å². The van der Waals surface area contributed by atoms with Crippen molar-refractivity contribution in [3.05, 3.63) is 54.0 Å². The Labute approximate surface area is 143 Å². The van der Waals surface area contributed by atoms with E-state index in [1.165, 1.54) is 5.56 Å². The monoisotopic (exact) mass is 332 g/mol. The summed E-state index contributed by atoms with van der Waals surface area (Å²) in [6.07, 6.45) is 2.68. The third-order valence-electron chi connectivity index (χ3n) is 3.81. The fourth-order valence-electron chi connectivity index (χ4n) is 2.41. The van der Waals surface area contributed by atoms with Crippen LogP contribution in [-0.2, 0) is 11.2 Å². The summed E-state index contributed by atoms with van der Waals surface area (Å²) in [4.78, 5) is 2.08.